The number of carbonyl (C=O) groups is 1. The molecule has 0 bridgehead atoms. The van der Waals surface area contributed by atoms with Crippen molar-refractivity contribution in [2.24, 2.45) is 0 Å². The minimum Gasteiger partial charge on any atom is 0 e. The van der Waals surface area contributed by atoms with Gasteiger partial charge in [0.25, 0.3) is 0 Å². The average Bonchev–Trinajstić information content (AvgIpc) is 2.41. The molecule has 0 atom stereocenters. The maximum absolute atomic E-state index is 10.4. The summed E-state index contributed by atoms with van der Waals surface area (Å²) in [6, 6.07) is 0. The molecule has 0 heterocycles. The standard InChI is InChI=1S/C7H10O3.3CO.Fe/c1-10-7(9)5-3-2-4-6-8;3*1-2;/h2-5,8H,6H2,1H3;;;;. The van der Waals surface area contributed by atoms with Crippen molar-refractivity contribution in [1.29, 1.82) is 0 Å². The number of esters is 1. The number of aliphatic hydroxyl groups is 1. The predicted octanol–water partition coefficient (Wildman–Crippen LogP) is -0.146. The summed E-state index contributed by atoms with van der Waals surface area (Å²) in [6.45, 7) is 13.5. The number of unbranched alkanes of at least 4 members (excludes halogenated alkanes) is 2. The van der Waals surface area contributed by atoms with Crippen LogP contribution >= 0.6 is 0 Å². The minimum atomic E-state index is -0.400. The Labute approximate surface area is 111 Å². The van der Waals surface area contributed by atoms with E-state index in [2.05, 4.69) is 24.7 Å². The number of ether oxygens (including phenoxy) is 1. The third kappa shape index (κ3) is 51.2. The molecule has 0 fully saturated rings. The number of methoxy groups -OCH3 is 1. The van der Waals surface area contributed by atoms with Crippen LogP contribution in [0.25, 0.3) is 0 Å². The minimum absolute atomic E-state index is 0. The van der Waals surface area contributed by atoms with Gasteiger partial charge in [-0.15, -0.1) is 0 Å². The number of carbonyl (C=O) groups excluding carboxylic acids is 1. The van der Waals surface area contributed by atoms with Gasteiger partial charge in [-0.25, -0.2) is 0 Å². The first kappa shape index (κ1) is 29.8. The van der Waals surface area contributed by atoms with Crippen LogP contribution in [0, 0.1) is 45.6 Å². The number of hydrogen-bond donors (Lipinski definition) is 1. The van der Waals surface area contributed by atoms with Crippen LogP contribution in [0.15, 0.2) is 0 Å². The van der Waals surface area contributed by atoms with Gasteiger partial charge in [0.2, 0.25) is 0 Å². The van der Waals surface area contributed by atoms with Crippen LogP contribution in [0.1, 0.15) is 0 Å². The summed E-state index contributed by atoms with van der Waals surface area (Å²) >= 11 is 0. The van der Waals surface area contributed by atoms with E-state index in [9.17, 15) is 4.79 Å². The number of hydrogen-bond acceptors (Lipinski definition) is 3. The molecule has 0 aromatic heterocycles. The fraction of sp³-hybridized carbons (Fsp3) is 0.200. The first-order valence-electron chi connectivity index (χ1n) is 3.44. The zero-order valence-corrected chi connectivity index (χ0v) is 9.96. The maximum Gasteiger partial charge on any atom is 0 e. The SMILES string of the molecule is COC(=O)[CH][CH][CH][CH]CO.[C-]#[O+].[C-]#[O+].[C-]#[O+].[Fe]. The number of rotatable bonds is 5. The summed E-state index contributed by atoms with van der Waals surface area (Å²) in [5, 5.41) is 8.25. The molecule has 6 nitrogen and oxygen atoms in total. The molecule has 0 aliphatic carbocycles. The summed E-state index contributed by atoms with van der Waals surface area (Å²) in [7, 11) is 1.31. The molecule has 0 aromatic carbocycles. The van der Waals surface area contributed by atoms with E-state index in [1.807, 2.05) is 0 Å². The van der Waals surface area contributed by atoms with Gasteiger partial charge in [-0.2, -0.15) is 0 Å². The van der Waals surface area contributed by atoms with Crippen LogP contribution in [0.3, 0.4) is 0 Å². The molecule has 0 amide bonds. The Hall–Kier alpha value is -0.831. The molecular weight excluding hydrogens is 272 g/mol. The van der Waals surface area contributed by atoms with E-state index in [1.165, 1.54) is 26.4 Å². The monoisotopic (exact) mass is 282 g/mol. The molecule has 7 heteroatoms. The first-order valence-corrected chi connectivity index (χ1v) is 3.44. The van der Waals surface area contributed by atoms with Crippen molar-refractivity contribution in [2.75, 3.05) is 13.7 Å². The van der Waals surface area contributed by atoms with E-state index in [4.69, 9.17) is 19.1 Å². The second kappa shape index (κ2) is 45.6. The Morgan fingerprint density at radius 3 is 1.88 bits per heavy atom. The molecule has 17 heavy (non-hydrogen) atoms. The van der Waals surface area contributed by atoms with Gasteiger partial charge in [0.1, 0.15) is 0 Å². The van der Waals surface area contributed by atoms with Crippen molar-refractivity contribution >= 4 is 5.97 Å². The van der Waals surface area contributed by atoms with Crippen molar-refractivity contribution in [3.8, 4) is 0 Å². The second-order valence-electron chi connectivity index (χ2n) is 1.49. The number of aliphatic hydroxyl groups excluding tert-OH is 1. The summed E-state index contributed by atoms with van der Waals surface area (Å²) in [4.78, 5) is 10.4. The summed E-state index contributed by atoms with van der Waals surface area (Å²) < 4.78 is 26.8. The Morgan fingerprint density at radius 1 is 1.18 bits per heavy atom. The van der Waals surface area contributed by atoms with E-state index in [0.717, 1.165) is 0 Å². The Bertz CT molecular complexity index is 173. The van der Waals surface area contributed by atoms with Crippen LogP contribution in [-0.2, 0) is 40.6 Å². The smallest absolute Gasteiger partial charge is 0 e. The molecule has 1 N–H and O–H groups in total. The van der Waals surface area contributed by atoms with Gasteiger partial charge in [-0.3, -0.25) is 4.79 Å². The third-order valence-corrected chi connectivity index (χ3v) is 0.786. The van der Waals surface area contributed by atoms with Crippen molar-refractivity contribution in [2.45, 2.75) is 0 Å². The third-order valence-electron chi connectivity index (χ3n) is 0.786. The van der Waals surface area contributed by atoms with Crippen LogP contribution in [-0.4, -0.2) is 24.8 Å². The van der Waals surface area contributed by atoms with Gasteiger partial charge in [0, 0.05) is 23.7 Å². The molecule has 0 rings (SSSR count). The van der Waals surface area contributed by atoms with Gasteiger partial charge >= 0.3 is 39.9 Å². The van der Waals surface area contributed by atoms with Gasteiger partial charge in [0.05, 0.1) is 13.5 Å². The molecule has 94 valence electrons. The van der Waals surface area contributed by atoms with E-state index < -0.39 is 5.97 Å². The molecular formula is C10H10FeO6. The normalized spacial score (nSPS) is 5.88. The van der Waals surface area contributed by atoms with Gasteiger partial charge < -0.3 is 9.84 Å². The molecule has 0 unspecified atom stereocenters. The van der Waals surface area contributed by atoms with Gasteiger partial charge in [-0.1, -0.05) is 0 Å². The van der Waals surface area contributed by atoms with Crippen LogP contribution in [0.5, 0.6) is 0 Å². The summed E-state index contributed by atoms with van der Waals surface area (Å²) in [5.74, 6) is -0.400. The molecule has 0 saturated carbocycles. The summed E-state index contributed by atoms with van der Waals surface area (Å²) in [5.41, 5.74) is 0. The largest absolute Gasteiger partial charge is 0 e. The van der Waals surface area contributed by atoms with Crippen LogP contribution < -0.4 is 0 Å². The van der Waals surface area contributed by atoms with Crippen LogP contribution in [0.2, 0.25) is 0 Å². The second-order valence-corrected chi connectivity index (χ2v) is 1.49. The zero-order valence-electron chi connectivity index (χ0n) is 8.86. The fourth-order valence-corrected chi connectivity index (χ4v) is 0.342. The van der Waals surface area contributed by atoms with Crippen LogP contribution in [0.4, 0.5) is 0 Å². The quantitative estimate of drug-likeness (QED) is 0.249. The summed E-state index contributed by atoms with van der Waals surface area (Å²) in [6.07, 6.45) is 5.85. The van der Waals surface area contributed by atoms with E-state index in [-0.39, 0.29) is 23.7 Å². The van der Waals surface area contributed by atoms with Gasteiger partial charge in [-0.05, 0) is 19.3 Å². The van der Waals surface area contributed by atoms with E-state index >= 15 is 0 Å². The topological polar surface area (TPSA) is 106 Å². The van der Waals surface area contributed by atoms with Crippen molar-refractivity contribution in [3.63, 3.8) is 0 Å². The Morgan fingerprint density at radius 2 is 1.59 bits per heavy atom. The Balaban J connectivity index is -0.0000000594. The van der Waals surface area contributed by atoms with E-state index in [1.54, 1.807) is 6.42 Å². The van der Waals surface area contributed by atoms with Crippen molar-refractivity contribution in [1.82, 2.24) is 0 Å². The average molecular weight is 282 g/mol. The molecule has 0 aliphatic rings. The molecule has 0 aromatic rings. The molecule has 0 aliphatic heterocycles. The molecule has 0 saturated heterocycles. The van der Waals surface area contributed by atoms with E-state index in [0.29, 0.717) is 0 Å². The maximum atomic E-state index is 10.4. The predicted molar refractivity (Wildman–Crippen MR) is 48.1 cm³/mol. The fourth-order valence-electron chi connectivity index (χ4n) is 0.342. The zero-order chi connectivity index (χ0) is 13.8. The Kier molecular flexibility index (Phi) is 80.1. The molecule has 0 spiro atoms. The van der Waals surface area contributed by atoms with Crippen molar-refractivity contribution in [3.05, 3.63) is 45.6 Å². The van der Waals surface area contributed by atoms with Gasteiger partial charge in [0.15, 0.2) is 0 Å². The van der Waals surface area contributed by atoms with Crippen molar-refractivity contribution < 1.29 is 45.7 Å². The molecule has 4 radical (unpaired) electrons. The first-order chi connectivity index (χ1) is 7.81.